The first-order valence-electron chi connectivity index (χ1n) is 5.59. The summed E-state index contributed by atoms with van der Waals surface area (Å²) in [7, 11) is 0. The second kappa shape index (κ2) is 5.55. The number of rotatable bonds is 3. The molecule has 0 atom stereocenters. The molecule has 18 heavy (non-hydrogen) atoms. The van der Waals surface area contributed by atoms with Gasteiger partial charge in [0.1, 0.15) is 10.9 Å². The van der Waals surface area contributed by atoms with E-state index in [9.17, 15) is 0 Å². The Hall–Kier alpha value is -1.31. The molecule has 0 saturated heterocycles. The number of nitrogens with one attached hydrogen (secondary N) is 1. The van der Waals surface area contributed by atoms with Crippen molar-refractivity contribution in [2.24, 2.45) is 0 Å². The van der Waals surface area contributed by atoms with Crippen molar-refractivity contribution in [3.8, 4) is 6.07 Å². The maximum atomic E-state index is 8.79. The molecule has 92 valence electrons. The van der Waals surface area contributed by atoms with Gasteiger partial charge in [-0.25, -0.2) is 0 Å². The van der Waals surface area contributed by atoms with Crippen molar-refractivity contribution in [1.82, 2.24) is 0 Å². The van der Waals surface area contributed by atoms with Crippen molar-refractivity contribution in [2.75, 3.05) is 5.32 Å². The number of aryl methyl sites for hydroxylation is 2. The Bertz CT molecular complexity index is 587. The third kappa shape index (κ3) is 2.92. The summed E-state index contributed by atoms with van der Waals surface area (Å²) in [6, 6.07) is 10.2. The molecule has 0 amide bonds. The van der Waals surface area contributed by atoms with E-state index in [1.54, 1.807) is 0 Å². The van der Waals surface area contributed by atoms with Crippen LogP contribution in [-0.2, 0) is 6.54 Å². The van der Waals surface area contributed by atoms with Gasteiger partial charge >= 0.3 is 0 Å². The number of hydrogen-bond donors (Lipinski definition) is 1. The maximum absolute atomic E-state index is 8.79. The Kier molecular flexibility index (Phi) is 4.05. The van der Waals surface area contributed by atoms with E-state index in [1.165, 1.54) is 33.0 Å². The molecule has 0 aliphatic carbocycles. The molecule has 0 radical (unpaired) electrons. The average Bonchev–Trinajstić information content (AvgIpc) is 2.75. The van der Waals surface area contributed by atoms with Gasteiger partial charge in [-0.2, -0.15) is 5.26 Å². The van der Waals surface area contributed by atoms with E-state index in [1.807, 2.05) is 12.1 Å². The van der Waals surface area contributed by atoms with Crippen molar-refractivity contribution in [2.45, 2.75) is 20.4 Å². The van der Waals surface area contributed by atoms with Gasteiger partial charge < -0.3 is 5.32 Å². The Labute approximate surface area is 119 Å². The topological polar surface area (TPSA) is 35.8 Å². The Balaban J connectivity index is 2.13. The van der Waals surface area contributed by atoms with Gasteiger partial charge in [0.15, 0.2) is 0 Å². The van der Waals surface area contributed by atoms with Crippen LogP contribution in [0.4, 0.5) is 5.69 Å². The first-order valence-corrected chi connectivity index (χ1v) is 7.20. The van der Waals surface area contributed by atoms with Crippen LogP contribution in [0.5, 0.6) is 0 Å². The van der Waals surface area contributed by atoms with Gasteiger partial charge in [-0.15, -0.1) is 11.3 Å². The fraction of sp³-hybridized carbons (Fsp3) is 0.214. The van der Waals surface area contributed by atoms with Gasteiger partial charge in [-0.1, -0.05) is 15.9 Å². The van der Waals surface area contributed by atoms with Crippen molar-refractivity contribution < 1.29 is 0 Å². The van der Waals surface area contributed by atoms with E-state index in [-0.39, 0.29) is 0 Å². The van der Waals surface area contributed by atoms with E-state index in [0.717, 1.165) is 15.9 Å². The predicted molar refractivity (Wildman–Crippen MR) is 80.0 cm³/mol. The summed E-state index contributed by atoms with van der Waals surface area (Å²) in [5.41, 5.74) is 3.61. The molecule has 0 fully saturated rings. The lowest BCUT2D eigenvalue weighted by molar-refractivity contribution is 1.16. The fourth-order valence-corrected chi connectivity index (χ4v) is 3.33. The highest BCUT2D eigenvalue weighted by atomic mass is 79.9. The van der Waals surface area contributed by atoms with Crippen LogP contribution < -0.4 is 5.32 Å². The van der Waals surface area contributed by atoms with Crippen LogP contribution in [-0.4, -0.2) is 0 Å². The fourth-order valence-electron chi connectivity index (χ4n) is 1.90. The quantitative estimate of drug-likeness (QED) is 0.896. The molecule has 2 aromatic rings. The van der Waals surface area contributed by atoms with E-state index in [2.05, 4.69) is 53.3 Å². The zero-order chi connectivity index (χ0) is 13.1. The monoisotopic (exact) mass is 320 g/mol. The lowest BCUT2D eigenvalue weighted by Crippen LogP contribution is -2.01. The highest BCUT2D eigenvalue weighted by Gasteiger charge is 2.05. The smallest absolute Gasteiger partial charge is 0.110 e. The highest BCUT2D eigenvalue weighted by Crippen LogP contribution is 2.26. The van der Waals surface area contributed by atoms with Gasteiger partial charge in [0, 0.05) is 21.6 Å². The van der Waals surface area contributed by atoms with E-state index >= 15 is 0 Å². The van der Waals surface area contributed by atoms with Crippen molar-refractivity contribution >= 4 is 33.0 Å². The minimum Gasteiger partial charge on any atom is -0.380 e. The minimum atomic E-state index is 0.760. The molecule has 1 N–H and O–H groups in total. The molecule has 1 aromatic heterocycles. The highest BCUT2D eigenvalue weighted by molar-refractivity contribution is 9.10. The molecule has 2 rings (SSSR count). The molecule has 1 heterocycles. The number of hydrogen-bond acceptors (Lipinski definition) is 3. The molecule has 0 spiro atoms. The number of nitriles is 1. The van der Waals surface area contributed by atoms with Crippen LogP contribution in [0.1, 0.15) is 20.9 Å². The second-order valence-corrected chi connectivity index (χ2v) is 6.23. The molecule has 0 unspecified atom stereocenters. The normalized spacial score (nSPS) is 10.1. The molecule has 4 heteroatoms. The number of thiophene rings is 1. The molecule has 1 aromatic carbocycles. The average molecular weight is 321 g/mol. The Morgan fingerprint density at radius 3 is 2.50 bits per heavy atom. The van der Waals surface area contributed by atoms with Crippen LogP contribution in [0.2, 0.25) is 0 Å². The summed E-state index contributed by atoms with van der Waals surface area (Å²) in [6.07, 6.45) is 0. The minimum absolute atomic E-state index is 0.760. The second-order valence-electron chi connectivity index (χ2n) is 4.15. The lowest BCUT2D eigenvalue weighted by Gasteiger charge is -2.12. The zero-order valence-electron chi connectivity index (χ0n) is 10.2. The van der Waals surface area contributed by atoms with Gasteiger partial charge in [-0.3, -0.25) is 0 Å². The predicted octanol–water partition coefficient (Wildman–Crippen LogP) is 4.61. The molecule has 0 saturated carbocycles. The van der Waals surface area contributed by atoms with Gasteiger partial charge in [0.25, 0.3) is 0 Å². The first-order chi connectivity index (χ1) is 8.60. The van der Waals surface area contributed by atoms with Crippen molar-refractivity contribution in [3.63, 3.8) is 0 Å². The van der Waals surface area contributed by atoms with Gasteiger partial charge in [0.2, 0.25) is 0 Å². The molecule has 2 nitrogen and oxygen atoms in total. The van der Waals surface area contributed by atoms with Crippen LogP contribution in [0, 0.1) is 25.2 Å². The van der Waals surface area contributed by atoms with Crippen LogP contribution >= 0.6 is 27.3 Å². The van der Waals surface area contributed by atoms with Crippen molar-refractivity contribution in [3.05, 3.63) is 49.6 Å². The van der Waals surface area contributed by atoms with Gasteiger partial charge in [0.05, 0.1) is 0 Å². The van der Waals surface area contributed by atoms with Crippen molar-refractivity contribution in [1.29, 1.82) is 5.26 Å². The van der Waals surface area contributed by atoms with Crippen LogP contribution in [0.15, 0.2) is 28.7 Å². The SMILES string of the molecule is Cc1cc(Br)cc(C)c1NCc1ccc(C#N)s1. The number of benzene rings is 1. The van der Waals surface area contributed by atoms with E-state index < -0.39 is 0 Å². The molecule has 0 aliphatic heterocycles. The molecular formula is C14H13BrN2S. The standard InChI is InChI=1S/C14H13BrN2S/c1-9-5-11(15)6-10(2)14(9)17-8-13-4-3-12(7-16)18-13/h3-6,17H,8H2,1-2H3. The van der Waals surface area contributed by atoms with E-state index in [4.69, 9.17) is 5.26 Å². The summed E-state index contributed by atoms with van der Waals surface area (Å²) >= 11 is 5.03. The third-order valence-electron chi connectivity index (χ3n) is 2.71. The molecular weight excluding hydrogens is 308 g/mol. The summed E-state index contributed by atoms with van der Waals surface area (Å²) in [6.45, 7) is 4.94. The Morgan fingerprint density at radius 1 is 1.28 bits per heavy atom. The Morgan fingerprint density at radius 2 is 1.94 bits per heavy atom. The zero-order valence-corrected chi connectivity index (χ0v) is 12.7. The summed E-state index contributed by atoms with van der Waals surface area (Å²) < 4.78 is 1.10. The van der Waals surface area contributed by atoms with Crippen LogP contribution in [0.3, 0.4) is 0 Å². The lowest BCUT2D eigenvalue weighted by atomic mass is 10.1. The largest absolute Gasteiger partial charge is 0.380 e. The number of anilines is 1. The third-order valence-corrected chi connectivity index (χ3v) is 4.16. The first kappa shape index (κ1) is 13.1. The molecule has 0 bridgehead atoms. The van der Waals surface area contributed by atoms with Crippen LogP contribution in [0.25, 0.3) is 0 Å². The summed E-state index contributed by atoms with van der Waals surface area (Å²) in [5.74, 6) is 0. The summed E-state index contributed by atoms with van der Waals surface area (Å²) in [5, 5.41) is 12.2. The number of nitrogens with zero attached hydrogens (tertiary/aromatic N) is 1. The number of halogens is 1. The molecule has 0 aliphatic rings. The summed E-state index contributed by atoms with van der Waals surface area (Å²) in [4.78, 5) is 1.93. The van der Waals surface area contributed by atoms with E-state index in [0.29, 0.717) is 0 Å². The van der Waals surface area contributed by atoms with Gasteiger partial charge in [-0.05, 0) is 49.2 Å². The maximum Gasteiger partial charge on any atom is 0.110 e.